The molecule has 0 radical (unpaired) electrons. The molecule has 0 aromatic heterocycles. The van der Waals surface area contributed by atoms with Crippen molar-refractivity contribution in [1.82, 2.24) is 5.32 Å². The second-order valence-corrected chi connectivity index (χ2v) is 8.77. The van der Waals surface area contributed by atoms with Crippen molar-refractivity contribution in [2.45, 2.75) is 4.90 Å². The number of anilines is 1. The predicted octanol–water partition coefficient (Wildman–Crippen LogP) is 3.97. The normalized spacial score (nSPS) is 11.0. The van der Waals surface area contributed by atoms with E-state index in [2.05, 4.69) is 5.32 Å². The van der Waals surface area contributed by atoms with Gasteiger partial charge in [-0.2, -0.15) is 0 Å². The second kappa shape index (κ2) is 9.65. The van der Waals surface area contributed by atoms with Crippen molar-refractivity contribution in [3.8, 4) is 5.75 Å². The average molecular weight is 445 g/mol. The predicted molar refractivity (Wildman–Crippen MR) is 118 cm³/mol. The molecule has 3 rings (SSSR count). The van der Waals surface area contributed by atoms with Crippen LogP contribution >= 0.6 is 11.6 Å². The molecule has 0 bridgehead atoms. The number of hydrogen-bond acceptors (Lipinski definition) is 4. The molecule has 0 aliphatic heterocycles. The number of sulfonamides is 1. The SMILES string of the molecule is CN(c1ccccc1C(=O)NCCOc1ccc(Cl)cc1)S(=O)(=O)c1ccccc1. The van der Waals surface area contributed by atoms with Crippen molar-refractivity contribution in [3.05, 3.63) is 89.4 Å². The number of hydrogen-bond donors (Lipinski definition) is 1. The molecule has 156 valence electrons. The van der Waals surface area contributed by atoms with Crippen LogP contribution in [0.3, 0.4) is 0 Å². The summed E-state index contributed by atoms with van der Waals surface area (Å²) in [5.74, 6) is 0.253. The number of carbonyl (C=O) groups excluding carboxylic acids is 1. The van der Waals surface area contributed by atoms with Gasteiger partial charge < -0.3 is 10.1 Å². The Kier molecular flexibility index (Phi) is 6.97. The Morgan fingerprint density at radius 3 is 2.30 bits per heavy atom. The summed E-state index contributed by atoms with van der Waals surface area (Å²) in [6, 6.07) is 21.5. The van der Waals surface area contributed by atoms with Crippen LogP contribution in [-0.2, 0) is 10.0 Å². The lowest BCUT2D eigenvalue weighted by atomic mass is 10.1. The lowest BCUT2D eigenvalue weighted by Crippen LogP contribution is -2.32. The van der Waals surface area contributed by atoms with Crippen LogP contribution in [0.5, 0.6) is 5.75 Å². The molecule has 0 heterocycles. The van der Waals surface area contributed by atoms with Crippen LogP contribution in [0.15, 0.2) is 83.8 Å². The highest BCUT2D eigenvalue weighted by Crippen LogP contribution is 2.25. The molecule has 0 atom stereocenters. The zero-order valence-electron chi connectivity index (χ0n) is 16.3. The first-order valence-corrected chi connectivity index (χ1v) is 11.0. The van der Waals surface area contributed by atoms with E-state index in [1.807, 2.05) is 0 Å². The van der Waals surface area contributed by atoms with Crippen molar-refractivity contribution in [2.75, 3.05) is 24.5 Å². The minimum Gasteiger partial charge on any atom is -0.492 e. The minimum atomic E-state index is -3.79. The summed E-state index contributed by atoms with van der Waals surface area (Å²) in [6.07, 6.45) is 0. The monoisotopic (exact) mass is 444 g/mol. The maximum atomic E-state index is 12.9. The van der Waals surface area contributed by atoms with Crippen molar-refractivity contribution >= 4 is 33.2 Å². The van der Waals surface area contributed by atoms with Gasteiger partial charge >= 0.3 is 0 Å². The molecule has 3 aromatic rings. The van der Waals surface area contributed by atoms with Gasteiger partial charge in [-0.05, 0) is 48.5 Å². The van der Waals surface area contributed by atoms with Gasteiger partial charge in [0.2, 0.25) is 0 Å². The smallest absolute Gasteiger partial charge is 0.264 e. The zero-order chi connectivity index (χ0) is 21.6. The van der Waals surface area contributed by atoms with E-state index in [1.165, 1.54) is 19.2 Å². The molecular weight excluding hydrogens is 424 g/mol. The maximum Gasteiger partial charge on any atom is 0.264 e. The summed E-state index contributed by atoms with van der Waals surface area (Å²) in [5, 5.41) is 3.37. The molecule has 0 aliphatic rings. The van der Waals surface area contributed by atoms with Crippen molar-refractivity contribution in [1.29, 1.82) is 0 Å². The van der Waals surface area contributed by atoms with Gasteiger partial charge in [-0.15, -0.1) is 0 Å². The first-order chi connectivity index (χ1) is 14.4. The number of halogens is 1. The highest BCUT2D eigenvalue weighted by atomic mass is 35.5. The number of para-hydroxylation sites is 1. The van der Waals surface area contributed by atoms with Crippen LogP contribution in [0.4, 0.5) is 5.69 Å². The third-order valence-corrected chi connectivity index (χ3v) is 6.40. The standard InChI is InChI=1S/C22H21ClN2O4S/c1-25(30(27,28)19-7-3-2-4-8-19)21-10-6-5-9-20(21)22(26)24-15-16-29-18-13-11-17(23)12-14-18/h2-14H,15-16H2,1H3,(H,24,26). The minimum absolute atomic E-state index is 0.152. The maximum absolute atomic E-state index is 12.9. The molecular formula is C22H21ClN2O4S. The Labute approximate surface area is 181 Å². The van der Waals surface area contributed by atoms with Crippen LogP contribution < -0.4 is 14.4 Å². The lowest BCUT2D eigenvalue weighted by molar-refractivity contribution is 0.0947. The van der Waals surface area contributed by atoms with Crippen molar-refractivity contribution in [2.24, 2.45) is 0 Å². The highest BCUT2D eigenvalue weighted by molar-refractivity contribution is 7.92. The number of ether oxygens (including phenoxy) is 1. The molecule has 3 aromatic carbocycles. The Bertz CT molecular complexity index is 1100. The van der Waals surface area contributed by atoms with E-state index in [0.717, 1.165) is 4.31 Å². The van der Waals surface area contributed by atoms with Crippen LogP contribution in [0, 0.1) is 0 Å². The van der Waals surface area contributed by atoms with E-state index in [-0.39, 0.29) is 35.2 Å². The first-order valence-electron chi connectivity index (χ1n) is 9.19. The fourth-order valence-electron chi connectivity index (χ4n) is 2.78. The van der Waals surface area contributed by atoms with Gasteiger partial charge in [0.1, 0.15) is 12.4 Å². The molecule has 0 saturated heterocycles. The summed E-state index contributed by atoms with van der Waals surface area (Å²) < 4.78 is 32.5. The van der Waals surface area contributed by atoms with Gasteiger partial charge in [0.25, 0.3) is 15.9 Å². The van der Waals surface area contributed by atoms with Crippen molar-refractivity contribution in [3.63, 3.8) is 0 Å². The molecule has 1 N–H and O–H groups in total. The molecule has 8 heteroatoms. The Hall–Kier alpha value is -3.03. The summed E-state index contributed by atoms with van der Waals surface area (Å²) >= 11 is 5.83. The topological polar surface area (TPSA) is 75.7 Å². The quantitative estimate of drug-likeness (QED) is 0.533. The fraction of sp³-hybridized carbons (Fsp3) is 0.136. The lowest BCUT2D eigenvalue weighted by Gasteiger charge is -2.22. The number of rotatable bonds is 8. The molecule has 6 nitrogen and oxygen atoms in total. The largest absolute Gasteiger partial charge is 0.492 e. The van der Waals surface area contributed by atoms with E-state index < -0.39 is 10.0 Å². The van der Waals surface area contributed by atoms with E-state index >= 15 is 0 Å². The summed E-state index contributed by atoms with van der Waals surface area (Å²) in [7, 11) is -2.37. The number of benzene rings is 3. The van der Waals surface area contributed by atoms with Crippen LogP contribution in [-0.4, -0.2) is 34.5 Å². The van der Waals surface area contributed by atoms with Crippen LogP contribution in [0.1, 0.15) is 10.4 Å². The van der Waals surface area contributed by atoms with Gasteiger partial charge in [-0.3, -0.25) is 9.10 Å². The van der Waals surface area contributed by atoms with Gasteiger partial charge in [-0.1, -0.05) is 41.9 Å². The molecule has 0 unspecified atom stereocenters. The van der Waals surface area contributed by atoms with E-state index in [4.69, 9.17) is 16.3 Å². The van der Waals surface area contributed by atoms with Gasteiger partial charge in [0, 0.05) is 12.1 Å². The molecule has 0 saturated carbocycles. The average Bonchev–Trinajstić information content (AvgIpc) is 2.78. The number of nitrogens with one attached hydrogen (secondary N) is 1. The Balaban J connectivity index is 1.68. The number of nitrogens with zero attached hydrogens (tertiary/aromatic N) is 1. The summed E-state index contributed by atoms with van der Waals surface area (Å²) in [6.45, 7) is 0.513. The van der Waals surface area contributed by atoms with E-state index in [9.17, 15) is 13.2 Å². The summed E-state index contributed by atoms with van der Waals surface area (Å²) in [5.41, 5.74) is 0.545. The zero-order valence-corrected chi connectivity index (χ0v) is 17.9. The van der Waals surface area contributed by atoms with E-state index in [0.29, 0.717) is 10.8 Å². The Morgan fingerprint density at radius 1 is 0.967 bits per heavy atom. The van der Waals surface area contributed by atoms with Crippen LogP contribution in [0.25, 0.3) is 0 Å². The van der Waals surface area contributed by atoms with E-state index in [1.54, 1.807) is 66.7 Å². The molecule has 30 heavy (non-hydrogen) atoms. The first kappa shape index (κ1) is 21.7. The number of amides is 1. The number of carbonyl (C=O) groups is 1. The van der Waals surface area contributed by atoms with Crippen LogP contribution in [0.2, 0.25) is 5.02 Å². The molecule has 0 fully saturated rings. The highest BCUT2D eigenvalue weighted by Gasteiger charge is 2.24. The van der Waals surface area contributed by atoms with Gasteiger partial charge in [0.05, 0.1) is 22.7 Å². The molecule has 0 aliphatic carbocycles. The fourth-order valence-corrected chi connectivity index (χ4v) is 4.14. The molecule has 1 amide bonds. The second-order valence-electron chi connectivity index (χ2n) is 6.36. The molecule has 0 spiro atoms. The van der Waals surface area contributed by atoms with Gasteiger partial charge in [-0.25, -0.2) is 8.42 Å². The Morgan fingerprint density at radius 2 is 1.60 bits per heavy atom. The van der Waals surface area contributed by atoms with Gasteiger partial charge in [0.15, 0.2) is 0 Å². The summed E-state index contributed by atoms with van der Waals surface area (Å²) in [4.78, 5) is 12.8. The van der Waals surface area contributed by atoms with Crippen molar-refractivity contribution < 1.29 is 17.9 Å². The third kappa shape index (κ3) is 5.11. The third-order valence-electron chi connectivity index (χ3n) is 4.36.